The number of nitrogens with zero attached hydrogens (tertiary/aromatic N) is 2. The molecule has 0 saturated heterocycles. The number of rotatable bonds is 6. The van der Waals surface area contributed by atoms with Crippen LogP contribution in [0, 0.1) is 5.92 Å². The first kappa shape index (κ1) is 11.9. The van der Waals surface area contributed by atoms with Crippen LogP contribution in [0.4, 0.5) is 0 Å². The van der Waals surface area contributed by atoms with Gasteiger partial charge in [0.05, 0.1) is 11.4 Å². The molecule has 0 aliphatic heterocycles. The topological polar surface area (TPSA) is 29.9 Å². The zero-order valence-electron chi connectivity index (χ0n) is 10.0. The van der Waals surface area contributed by atoms with Gasteiger partial charge in [-0.15, -0.1) is 11.6 Å². The van der Waals surface area contributed by atoms with E-state index in [0.29, 0.717) is 5.38 Å². The highest BCUT2D eigenvalue weighted by atomic mass is 35.5. The number of hydrogen-bond acceptors (Lipinski definition) is 2. The van der Waals surface area contributed by atoms with Crippen molar-refractivity contribution in [3.63, 3.8) is 0 Å². The van der Waals surface area contributed by atoms with E-state index in [-0.39, 0.29) is 0 Å². The van der Waals surface area contributed by atoms with Crippen LogP contribution in [0.5, 0.6) is 0 Å². The summed E-state index contributed by atoms with van der Waals surface area (Å²) in [6.07, 6.45) is 3.61. The quantitative estimate of drug-likeness (QED) is 0.773. The smallest absolute Gasteiger partial charge is 0.0625 e. The van der Waals surface area contributed by atoms with Crippen LogP contribution in [0.25, 0.3) is 0 Å². The lowest BCUT2D eigenvalue weighted by Crippen LogP contribution is -2.25. The third kappa shape index (κ3) is 2.98. The van der Waals surface area contributed by atoms with E-state index in [1.54, 1.807) is 0 Å². The minimum Gasteiger partial charge on any atom is -0.310 e. The monoisotopic (exact) mass is 241 g/mol. The van der Waals surface area contributed by atoms with Gasteiger partial charge in [-0.05, 0) is 31.2 Å². The molecule has 1 aromatic heterocycles. The molecule has 0 amide bonds. The molecule has 0 aromatic carbocycles. The summed E-state index contributed by atoms with van der Waals surface area (Å²) in [5.41, 5.74) is 2.39. The molecule has 1 unspecified atom stereocenters. The number of nitrogens with one attached hydrogen (secondary N) is 1. The first-order valence-electron chi connectivity index (χ1n) is 6.07. The number of halogens is 1. The molecule has 1 aliphatic rings. The van der Waals surface area contributed by atoms with Gasteiger partial charge < -0.3 is 5.32 Å². The first-order chi connectivity index (χ1) is 7.70. The maximum absolute atomic E-state index is 6.23. The number of aromatic nitrogens is 2. The van der Waals surface area contributed by atoms with Crippen LogP contribution in [0.2, 0.25) is 0 Å². The van der Waals surface area contributed by atoms with Gasteiger partial charge in [-0.2, -0.15) is 5.10 Å². The normalized spacial score (nSPS) is 17.7. The van der Waals surface area contributed by atoms with Crippen LogP contribution in [0.1, 0.15) is 31.2 Å². The van der Waals surface area contributed by atoms with Crippen molar-refractivity contribution in [1.82, 2.24) is 15.1 Å². The lowest BCUT2D eigenvalue weighted by atomic mass is 10.2. The van der Waals surface area contributed by atoms with Crippen molar-refractivity contribution >= 4 is 11.6 Å². The molecule has 0 radical (unpaired) electrons. The van der Waals surface area contributed by atoms with Crippen LogP contribution in [-0.2, 0) is 20.0 Å². The Balaban J connectivity index is 1.77. The van der Waals surface area contributed by atoms with Crippen molar-refractivity contribution < 1.29 is 0 Å². The van der Waals surface area contributed by atoms with E-state index in [0.717, 1.165) is 31.1 Å². The van der Waals surface area contributed by atoms with Gasteiger partial charge in [0, 0.05) is 25.5 Å². The van der Waals surface area contributed by atoms with Crippen LogP contribution in [0.3, 0.4) is 0 Å². The predicted molar refractivity (Wildman–Crippen MR) is 66.7 cm³/mol. The highest BCUT2D eigenvalue weighted by molar-refractivity contribution is 6.21. The van der Waals surface area contributed by atoms with E-state index in [9.17, 15) is 0 Å². The van der Waals surface area contributed by atoms with E-state index in [4.69, 9.17) is 11.6 Å². The fourth-order valence-electron chi connectivity index (χ4n) is 1.87. The summed E-state index contributed by atoms with van der Waals surface area (Å²) >= 11 is 6.23. The molecular formula is C12H20ClN3. The molecule has 1 aromatic rings. The molecule has 16 heavy (non-hydrogen) atoms. The molecule has 2 rings (SSSR count). The third-order valence-corrected chi connectivity index (χ3v) is 3.68. The largest absolute Gasteiger partial charge is 0.310 e. The van der Waals surface area contributed by atoms with E-state index in [2.05, 4.69) is 23.4 Å². The minimum absolute atomic E-state index is 0.305. The van der Waals surface area contributed by atoms with Crippen molar-refractivity contribution in [2.45, 2.75) is 38.1 Å². The summed E-state index contributed by atoms with van der Waals surface area (Å²) in [6, 6.07) is 2.16. The van der Waals surface area contributed by atoms with E-state index in [1.165, 1.54) is 18.5 Å². The third-order valence-electron chi connectivity index (χ3n) is 3.17. The van der Waals surface area contributed by atoms with E-state index < -0.39 is 0 Å². The predicted octanol–water partition coefficient (Wildman–Crippen LogP) is 2.09. The van der Waals surface area contributed by atoms with Gasteiger partial charge in [-0.25, -0.2) is 0 Å². The molecule has 0 bridgehead atoms. The maximum atomic E-state index is 6.23. The Labute approximate surface area is 102 Å². The molecule has 90 valence electrons. The van der Waals surface area contributed by atoms with Gasteiger partial charge in [0.25, 0.3) is 0 Å². The van der Waals surface area contributed by atoms with Crippen LogP contribution in [0.15, 0.2) is 6.07 Å². The van der Waals surface area contributed by atoms with Gasteiger partial charge in [-0.1, -0.05) is 6.92 Å². The molecule has 1 aliphatic carbocycles. The highest BCUT2D eigenvalue weighted by Gasteiger charge is 2.29. The summed E-state index contributed by atoms with van der Waals surface area (Å²) in [4.78, 5) is 0. The molecule has 3 nitrogen and oxygen atoms in total. The molecule has 1 fully saturated rings. The lowest BCUT2D eigenvalue weighted by Gasteiger charge is -2.09. The first-order valence-corrected chi connectivity index (χ1v) is 6.51. The average molecular weight is 242 g/mol. The Morgan fingerprint density at radius 1 is 1.62 bits per heavy atom. The molecule has 4 heteroatoms. The van der Waals surface area contributed by atoms with Crippen LogP contribution in [-0.4, -0.2) is 21.7 Å². The summed E-state index contributed by atoms with van der Waals surface area (Å²) in [5, 5.41) is 8.13. The molecular weight excluding hydrogens is 222 g/mol. The van der Waals surface area contributed by atoms with E-state index >= 15 is 0 Å². The summed E-state index contributed by atoms with van der Waals surface area (Å²) < 4.78 is 1.95. The van der Waals surface area contributed by atoms with Gasteiger partial charge in [-0.3, -0.25) is 4.68 Å². The Bertz CT molecular complexity index is 344. The van der Waals surface area contributed by atoms with Crippen LogP contribution < -0.4 is 5.32 Å². The van der Waals surface area contributed by atoms with Crippen LogP contribution >= 0.6 is 11.6 Å². The van der Waals surface area contributed by atoms with Crippen molar-refractivity contribution in [1.29, 1.82) is 0 Å². The Hall–Kier alpha value is -0.540. The van der Waals surface area contributed by atoms with Crippen molar-refractivity contribution in [2.75, 3.05) is 6.54 Å². The minimum atomic E-state index is 0.305. The number of alkyl halides is 1. The van der Waals surface area contributed by atoms with Crippen molar-refractivity contribution in [3.8, 4) is 0 Å². The molecule has 0 spiro atoms. The Morgan fingerprint density at radius 2 is 2.38 bits per heavy atom. The second-order valence-corrected chi connectivity index (χ2v) is 5.15. The lowest BCUT2D eigenvalue weighted by molar-refractivity contribution is 0.589. The second-order valence-electron chi connectivity index (χ2n) is 4.59. The number of aryl methyl sites for hydroxylation is 2. The summed E-state index contributed by atoms with van der Waals surface area (Å²) in [7, 11) is 2.00. The zero-order valence-corrected chi connectivity index (χ0v) is 10.8. The zero-order chi connectivity index (χ0) is 11.5. The fourth-order valence-corrected chi connectivity index (χ4v) is 2.23. The van der Waals surface area contributed by atoms with Gasteiger partial charge in [0.15, 0.2) is 0 Å². The Kier molecular flexibility index (Phi) is 3.87. The molecule has 1 saturated carbocycles. The van der Waals surface area contributed by atoms with Crippen molar-refractivity contribution in [2.24, 2.45) is 13.0 Å². The molecule has 1 heterocycles. The van der Waals surface area contributed by atoms with Gasteiger partial charge in [0.2, 0.25) is 0 Å². The standard InChI is InChI=1S/C12H20ClN3/c1-3-10-6-11(16(2)15-10)7-14-8-12(13)9-4-5-9/h6,9,12,14H,3-5,7-8H2,1-2H3. The fraction of sp³-hybridized carbons (Fsp3) is 0.750. The Morgan fingerprint density at radius 3 is 2.94 bits per heavy atom. The van der Waals surface area contributed by atoms with Gasteiger partial charge >= 0.3 is 0 Å². The molecule has 1 atom stereocenters. The SMILES string of the molecule is CCc1cc(CNCC(Cl)C2CC2)n(C)n1. The maximum Gasteiger partial charge on any atom is 0.0625 e. The molecule has 1 N–H and O–H groups in total. The van der Waals surface area contributed by atoms with E-state index in [1.807, 2.05) is 11.7 Å². The second kappa shape index (κ2) is 5.19. The highest BCUT2D eigenvalue weighted by Crippen LogP contribution is 2.35. The summed E-state index contributed by atoms with van der Waals surface area (Å²) in [5.74, 6) is 0.756. The van der Waals surface area contributed by atoms with Crippen molar-refractivity contribution in [3.05, 3.63) is 17.5 Å². The average Bonchev–Trinajstić information content (AvgIpc) is 3.05. The van der Waals surface area contributed by atoms with Gasteiger partial charge in [0.1, 0.15) is 0 Å². The number of hydrogen-bond donors (Lipinski definition) is 1. The summed E-state index contributed by atoms with van der Waals surface area (Å²) in [6.45, 7) is 3.89.